The van der Waals surface area contributed by atoms with Gasteiger partial charge in [0.2, 0.25) is 0 Å². The highest BCUT2D eigenvalue weighted by Crippen LogP contribution is 2.40. The number of ether oxygens (including phenoxy) is 2. The molecule has 4 aliphatic rings. The number of amides is 1. The molecule has 178 valence electrons. The molecule has 7 heteroatoms. The first-order chi connectivity index (χ1) is 16.1. The Hall–Kier alpha value is -2.22. The maximum atomic E-state index is 13.1. The van der Waals surface area contributed by atoms with Crippen LogP contribution in [0, 0.1) is 0 Å². The molecule has 1 aromatic carbocycles. The number of benzene rings is 1. The summed E-state index contributed by atoms with van der Waals surface area (Å²) in [5, 5.41) is 0. The number of fused-ring (bicyclic) bond motifs is 1. The van der Waals surface area contributed by atoms with Crippen molar-refractivity contribution in [1.82, 2.24) is 10.4 Å². The molecule has 2 unspecified atom stereocenters. The number of rotatable bonds is 5. The number of hydrogen-bond donors (Lipinski definition) is 1. The van der Waals surface area contributed by atoms with E-state index in [0.29, 0.717) is 30.4 Å². The first-order valence-corrected chi connectivity index (χ1v) is 12.5. The molecule has 0 bridgehead atoms. The molecule has 5 rings (SSSR count). The summed E-state index contributed by atoms with van der Waals surface area (Å²) >= 11 is 0. The number of piperidine rings is 1. The lowest BCUT2D eigenvalue weighted by Gasteiger charge is -2.46. The molecule has 1 aliphatic carbocycles. The van der Waals surface area contributed by atoms with E-state index in [1.54, 1.807) is 6.08 Å². The summed E-state index contributed by atoms with van der Waals surface area (Å²) < 4.78 is 11.9. The van der Waals surface area contributed by atoms with Crippen molar-refractivity contribution in [2.75, 3.05) is 19.7 Å². The Balaban J connectivity index is 1.21. The predicted molar refractivity (Wildman–Crippen MR) is 124 cm³/mol. The minimum Gasteiger partial charge on any atom is -0.485 e. The molecule has 33 heavy (non-hydrogen) atoms. The molecule has 1 aromatic rings. The van der Waals surface area contributed by atoms with Gasteiger partial charge in [-0.25, -0.2) is 10.3 Å². The van der Waals surface area contributed by atoms with Crippen molar-refractivity contribution in [3.63, 3.8) is 0 Å². The Morgan fingerprint density at radius 3 is 2.82 bits per heavy atom. The van der Waals surface area contributed by atoms with E-state index >= 15 is 0 Å². The van der Waals surface area contributed by atoms with Crippen LogP contribution in [0.5, 0.6) is 5.75 Å². The van der Waals surface area contributed by atoms with Crippen LogP contribution in [-0.4, -0.2) is 54.2 Å². The molecule has 0 radical (unpaired) electrons. The largest absolute Gasteiger partial charge is 0.485 e. The van der Waals surface area contributed by atoms with Gasteiger partial charge in [-0.2, -0.15) is 0 Å². The highest BCUT2D eigenvalue weighted by molar-refractivity contribution is 6.01. The Kier molecular flexibility index (Phi) is 6.81. The quantitative estimate of drug-likeness (QED) is 0.535. The van der Waals surface area contributed by atoms with Crippen molar-refractivity contribution in [3.8, 4) is 5.75 Å². The zero-order valence-electron chi connectivity index (χ0n) is 19.2. The molecule has 2 saturated heterocycles. The first-order valence-electron chi connectivity index (χ1n) is 12.5. The minimum atomic E-state index is -0.402. The van der Waals surface area contributed by atoms with Crippen LogP contribution in [0.1, 0.15) is 80.1 Å². The molecule has 1 N–H and O–H groups in total. The van der Waals surface area contributed by atoms with E-state index in [-0.39, 0.29) is 18.0 Å². The average Bonchev–Trinajstić information content (AvgIpc) is 3.37. The molecule has 7 nitrogen and oxygen atoms in total. The molecule has 3 fully saturated rings. The third-order valence-corrected chi connectivity index (χ3v) is 7.38. The van der Waals surface area contributed by atoms with E-state index in [4.69, 9.17) is 14.3 Å². The number of nitrogens with zero attached hydrogens (tertiary/aromatic N) is 1. The Bertz CT molecular complexity index is 904. The third-order valence-electron chi connectivity index (χ3n) is 7.38. The fourth-order valence-corrected chi connectivity index (χ4v) is 5.69. The lowest BCUT2D eigenvalue weighted by atomic mass is 9.82. The topological polar surface area (TPSA) is 77.1 Å². The van der Waals surface area contributed by atoms with E-state index in [2.05, 4.69) is 10.4 Å². The molecule has 1 saturated carbocycles. The predicted octanol–water partition coefficient (Wildman–Crippen LogP) is 4.02. The SMILES string of the molecule is O=C(/C=C/c1ccc2c(c1)C(=O)CC1(CCCN(C3CCCC3)C1)O2)NOC1CCCCO1. The van der Waals surface area contributed by atoms with Crippen molar-refractivity contribution in [3.05, 3.63) is 35.4 Å². The Morgan fingerprint density at radius 1 is 1.15 bits per heavy atom. The monoisotopic (exact) mass is 454 g/mol. The maximum absolute atomic E-state index is 13.1. The molecule has 2 atom stereocenters. The molecule has 0 aromatic heterocycles. The lowest BCUT2D eigenvalue weighted by Crippen LogP contribution is -2.56. The van der Waals surface area contributed by atoms with Gasteiger partial charge in [0.15, 0.2) is 12.1 Å². The van der Waals surface area contributed by atoms with Crippen LogP contribution in [0.4, 0.5) is 0 Å². The number of hydrogen-bond acceptors (Lipinski definition) is 6. The van der Waals surface area contributed by atoms with Crippen LogP contribution in [0.15, 0.2) is 24.3 Å². The number of hydroxylamine groups is 1. The van der Waals surface area contributed by atoms with Crippen molar-refractivity contribution in [1.29, 1.82) is 0 Å². The van der Waals surface area contributed by atoms with Crippen LogP contribution in [0.2, 0.25) is 0 Å². The summed E-state index contributed by atoms with van der Waals surface area (Å²) in [5.74, 6) is 0.429. The van der Waals surface area contributed by atoms with Crippen molar-refractivity contribution in [2.45, 2.75) is 82.1 Å². The van der Waals surface area contributed by atoms with Crippen LogP contribution < -0.4 is 10.2 Å². The standard InChI is InChI=1S/C26H34N2O5/c29-22-17-26(13-5-14-28(18-26)20-6-1-2-7-20)32-23-11-9-19(16-21(22)23)10-12-24(30)27-33-25-8-3-4-15-31-25/h9-12,16,20,25H,1-8,13-15,17-18H2,(H,27,30)/b12-10+. The summed E-state index contributed by atoms with van der Waals surface area (Å²) in [6.07, 6.45) is 13.1. The van der Waals surface area contributed by atoms with E-state index in [1.165, 1.54) is 31.8 Å². The van der Waals surface area contributed by atoms with E-state index < -0.39 is 5.60 Å². The Morgan fingerprint density at radius 2 is 2.00 bits per heavy atom. The molecule has 1 spiro atoms. The van der Waals surface area contributed by atoms with Crippen LogP contribution >= 0.6 is 0 Å². The third kappa shape index (κ3) is 5.31. The van der Waals surface area contributed by atoms with Gasteiger partial charge in [-0.15, -0.1) is 0 Å². The number of carbonyl (C=O) groups excluding carboxylic acids is 2. The summed E-state index contributed by atoms with van der Waals surface area (Å²) in [6.45, 7) is 2.61. The van der Waals surface area contributed by atoms with Crippen LogP contribution in [0.25, 0.3) is 6.08 Å². The summed E-state index contributed by atoms with van der Waals surface area (Å²) in [5.41, 5.74) is 3.39. The normalized spacial score (nSPS) is 28.7. The van der Waals surface area contributed by atoms with Gasteiger partial charge < -0.3 is 9.47 Å². The van der Waals surface area contributed by atoms with Gasteiger partial charge >= 0.3 is 0 Å². The molecule has 1 amide bonds. The highest BCUT2D eigenvalue weighted by atomic mass is 16.8. The number of Topliss-reactive ketones (excluding diaryl/α,β-unsaturated/α-hetero) is 1. The Labute approximate surface area is 195 Å². The van der Waals surface area contributed by atoms with E-state index in [0.717, 1.165) is 50.8 Å². The van der Waals surface area contributed by atoms with Gasteiger partial charge in [0, 0.05) is 31.7 Å². The lowest BCUT2D eigenvalue weighted by molar-refractivity contribution is -0.198. The van der Waals surface area contributed by atoms with Crippen LogP contribution in [-0.2, 0) is 14.4 Å². The number of likely N-dealkylation sites (tertiary alicyclic amines) is 1. The van der Waals surface area contributed by atoms with Crippen molar-refractivity contribution >= 4 is 17.8 Å². The first kappa shape index (κ1) is 22.6. The summed E-state index contributed by atoms with van der Waals surface area (Å²) in [4.78, 5) is 33.1. The fourth-order valence-electron chi connectivity index (χ4n) is 5.69. The maximum Gasteiger partial charge on any atom is 0.267 e. The second kappa shape index (κ2) is 9.95. The van der Waals surface area contributed by atoms with E-state index in [1.807, 2.05) is 18.2 Å². The van der Waals surface area contributed by atoms with Gasteiger partial charge in [0.25, 0.3) is 5.91 Å². The second-order valence-corrected chi connectivity index (χ2v) is 9.87. The molecule has 3 heterocycles. The van der Waals surface area contributed by atoms with Gasteiger partial charge in [0.05, 0.1) is 12.0 Å². The number of carbonyl (C=O) groups is 2. The zero-order chi connectivity index (χ0) is 22.7. The molecular formula is C26H34N2O5. The minimum absolute atomic E-state index is 0.127. The van der Waals surface area contributed by atoms with Gasteiger partial charge in [0.1, 0.15) is 11.4 Å². The zero-order valence-corrected chi connectivity index (χ0v) is 19.2. The molecular weight excluding hydrogens is 420 g/mol. The summed E-state index contributed by atoms with van der Waals surface area (Å²) in [6, 6.07) is 6.22. The number of nitrogens with one attached hydrogen (secondary N) is 1. The van der Waals surface area contributed by atoms with Gasteiger partial charge in [-0.3, -0.25) is 14.5 Å². The average molecular weight is 455 g/mol. The van der Waals surface area contributed by atoms with Crippen LogP contribution in [0.3, 0.4) is 0 Å². The van der Waals surface area contributed by atoms with Crippen molar-refractivity contribution < 1.29 is 23.9 Å². The smallest absolute Gasteiger partial charge is 0.267 e. The molecule has 3 aliphatic heterocycles. The number of ketones is 1. The highest BCUT2D eigenvalue weighted by Gasteiger charge is 2.45. The van der Waals surface area contributed by atoms with Gasteiger partial charge in [-0.05, 0) is 68.8 Å². The van der Waals surface area contributed by atoms with Gasteiger partial charge in [-0.1, -0.05) is 18.9 Å². The fraction of sp³-hybridized carbons (Fsp3) is 0.615. The second-order valence-electron chi connectivity index (χ2n) is 9.87. The summed E-state index contributed by atoms with van der Waals surface area (Å²) in [7, 11) is 0. The van der Waals surface area contributed by atoms with E-state index in [9.17, 15) is 9.59 Å². The van der Waals surface area contributed by atoms with Crippen molar-refractivity contribution in [2.24, 2.45) is 0 Å².